The van der Waals surface area contributed by atoms with Gasteiger partial charge < -0.3 is 5.73 Å². The fourth-order valence-electron chi connectivity index (χ4n) is 3.86. The second kappa shape index (κ2) is 6.82. The van der Waals surface area contributed by atoms with Gasteiger partial charge in [0.25, 0.3) is 0 Å². The fourth-order valence-corrected chi connectivity index (χ4v) is 3.86. The quantitative estimate of drug-likeness (QED) is 0.798. The average molecular weight is 332 g/mol. The number of rotatable bonds is 4. The lowest BCUT2D eigenvalue weighted by Crippen LogP contribution is -2.28. The number of aromatic nitrogens is 2. The summed E-state index contributed by atoms with van der Waals surface area (Å²) in [6.07, 6.45) is 1.99. The summed E-state index contributed by atoms with van der Waals surface area (Å²) in [6, 6.07) is 21.2. The van der Waals surface area contributed by atoms with Crippen LogP contribution in [0, 0.1) is 6.92 Å². The van der Waals surface area contributed by atoms with Crippen molar-refractivity contribution < 1.29 is 0 Å². The molecule has 3 aromatic rings. The molecule has 2 aromatic carbocycles. The van der Waals surface area contributed by atoms with E-state index in [1.54, 1.807) is 0 Å². The topological polar surface area (TPSA) is 47.1 Å². The minimum Gasteiger partial charge on any atom is -0.326 e. The van der Waals surface area contributed by atoms with Crippen LogP contribution in [0.2, 0.25) is 0 Å². The third kappa shape index (κ3) is 3.23. The van der Waals surface area contributed by atoms with E-state index >= 15 is 0 Å². The Balaban J connectivity index is 1.54. The zero-order valence-corrected chi connectivity index (χ0v) is 14.5. The van der Waals surface area contributed by atoms with Gasteiger partial charge in [-0.1, -0.05) is 48.5 Å². The highest BCUT2D eigenvalue weighted by Crippen LogP contribution is 2.28. The summed E-state index contributed by atoms with van der Waals surface area (Å²) in [7, 11) is 0. The molecule has 4 nitrogen and oxygen atoms in total. The van der Waals surface area contributed by atoms with Crippen LogP contribution >= 0.6 is 0 Å². The molecule has 0 aliphatic carbocycles. The van der Waals surface area contributed by atoms with Gasteiger partial charge in [-0.2, -0.15) is 0 Å². The van der Waals surface area contributed by atoms with Gasteiger partial charge in [-0.15, -0.1) is 0 Å². The van der Waals surface area contributed by atoms with Gasteiger partial charge in [-0.3, -0.25) is 9.47 Å². The number of imidazole rings is 1. The Morgan fingerprint density at radius 1 is 1.00 bits per heavy atom. The van der Waals surface area contributed by atoms with Crippen molar-refractivity contribution in [2.24, 2.45) is 5.73 Å². The molecule has 1 aromatic heterocycles. The molecule has 4 rings (SSSR count). The largest absolute Gasteiger partial charge is 0.326 e. The van der Waals surface area contributed by atoms with Crippen LogP contribution in [-0.2, 0) is 6.54 Å². The summed E-state index contributed by atoms with van der Waals surface area (Å²) < 4.78 is 2.24. The molecule has 0 bridgehead atoms. The monoisotopic (exact) mass is 332 g/mol. The molecule has 2 atom stereocenters. The second-order valence-electron chi connectivity index (χ2n) is 6.84. The normalized spacial score (nSPS) is 20.9. The van der Waals surface area contributed by atoms with Gasteiger partial charge in [0.15, 0.2) is 0 Å². The standard InChI is InChI=1S/C21H24N4/c1-16-23-12-19(25(16)18-10-6-3-7-11-18)13-24-14-20(21(22)15-24)17-8-4-2-5-9-17/h2-12,20-21H,13-15,22H2,1H3/t20-,21+/m0/s1. The molecule has 1 aliphatic heterocycles. The maximum atomic E-state index is 6.45. The molecule has 128 valence electrons. The van der Waals surface area contributed by atoms with Crippen LogP contribution in [-0.4, -0.2) is 33.6 Å². The first-order chi connectivity index (χ1) is 12.2. The summed E-state index contributed by atoms with van der Waals surface area (Å²) in [5, 5.41) is 0. The van der Waals surface area contributed by atoms with E-state index in [1.165, 1.54) is 11.3 Å². The van der Waals surface area contributed by atoms with Crippen molar-refractivity contribution in [2.45, 2.75) is 25.4 Å². The lowest BCUT2D eigenvalue weighted by atomic mass is 9.95. The number of likely N-dealkylation sites (tertiary alicyclic amines) is 1. The molecule has 2 N–H and O–H groups in total. The summed E-state index contributed by atoms with van der Waals surface area (Å²) in [5.41, 5.74) is 10.2. The SMILES string of the molecule is Cc1ncc(CN2C[C@@H](N)[C@H](c3ccccc3)C2)n1-c1ccccc1. The molecule has 0 unspecified atom stereocenters. The zero-order valence-electron chi connectivity index (χ0n) is 14.5. The molecule has 0 saturated carbocycles. The number of benzene rings is 2. The lowest BCUT2D eigenvalue weighted by molar-refractivity contribution is 0.317. The van der Waals surface area contributed by atoms with Crippen LogP contribution in [0.15, 0.2) is 66.9 Å². The lowest BCUT2D eigenvalue weighted by Gasteiger charge is -2.18. The number of para-hydroxylation sites is 1. The predicted molar refractivity (Wildman–Crippen MR) is 101 cm³/mol. The summed E-state index contributed by atoms with van der Waals surface area (Å²) in [6.45, 7) is 4.83. The van der Waals surface area contributed by atoms with Gasteiger partial charge >= 0.3 is 0 Å². The number of hydrogen-bond donors (Lipinski definition) is 1. The van der Waals surface area contributed by atoms with E-state index < -0.39 is 0 Å². The average Bonchev–Trinajstić information content (AvgIpc) is 3.19. The molecule has 2 heterocycles. The third-order valence-electron chi connectivity index (χ3n) is 5.08. The Morgan fingerprint density at radius 2 is 1.68 bits per heavy atom. The highest BCUT2D eigenvalue weighted by Gasteiger charge is 2.31. The van der Waals surface area contributed by atoms with E-state index in [9.17, 15) is 0 Å². The molecule has 25 heavy (non-hydrogen) atoms. The van der Waals surface area contributed by atoms with E-state index in [0.717, 1.165) is 31.1 Å². The van der Waals surface area contributed by atoms with Gasteiger partial charge in [-0.25, -0.2) is 4.98 Å². The maximum absolute atomic E-state index is 6.45. The fraction of sp³-hybridized carbons (Fsp3) is 0.286. The molecule has 1 saturated heterocycles. The minimum absolute atomic E-state index is 0.177. The van der Waals surface area contributed by atoms with Gasteiger partial charge in [0.1, 0.15) is 5.82 Å². The molecule has 0 amide bonds. The number of nitrogens with zero attached hydrogens (tertiary/aromatic N) is 3. The third-order valence-corrected chi connectivity index (χ3v) is 5.08. The minimum atomic E-state index is 0.177. The van der Waals surface area contributed by atoms with Crippen LogP contribution in [0.4, 0.5) is 0 Å². The summed E-state index contributed by atoms with van der Waals surface area (Å²) in [4.78, 5) is 6.98. The van der Waals surface area contributed by atoms with Gasteiger partial charge in [-0.05, 0) is 24.6 Å². The van der Waals surface area contributed by atoms with Gasteiger partial charge in [0.05, 0.1) is 11.9 Å². The van der Waals surface area contributed by atoms with E-state index in [1.807, 2.05) is 12.3 Å². The van der Waals surface area contributed by atoms with Crippen molar-refractivity contribution in [3.05, 3.63) is 83.9 Å². The molecular formula is C21H24N4. The van der Waals surface area contributed by atoms with E-state index in [2.05, 4.69) is 76.0 Å². The van der Waals surface area contributed by atoms with Gasteiger partial charge in [0.2, 0.25) is 0 Å². The zero-order chi connectivity index (χ0) is 17.2. The van der Waals surface area contributed by atoms with E-state index in [0.29, 0.717) is 5.92 Å². The Kier molecular flexibility index (Phi) is 4.38. The predicted octanol–water partition coefficient (Wildman–Crippen LogP) is 3.11. The van der Waals surface area contributed by atoms with Crippen LogP contribution in [0.5, 0.6) is 0 Å². The number of nitrogens with two attached hydrogens (primary N) is 1. The molecule has 0 spiro atoms. The molecule has 4 heteroatoms. The van der Waals surface area contributed by atoms with Crippen molar-refractivity contribution in [3.63, 3.8) is 0 Å². The Labute approximate surface area is 148 Å². The Bertz CT molecular complexity index is 826. The molecule has 0 radical (unpaired) electrons. The van der Waals surface area contributed by atoms with Crippen molar-refractivity contribution in [2.75, 3.05) is 13.1 Å². The summed E-state index contributed by atoms with van der Waals surface area (Å²) in [5.74, 6) is 1.42. The van der Waals surface area contributed by atoms with Crippen molar-refractivity contribution in [3.8, 4) is 5.69 Å². The van der Waals surface area contributed by atoms with E-state index in [-0.39, 0.29) is 6.04 Å². The van der Waals surface area contributed by atoms with Crippen LogP contribution in [0.3, 0.4) is 0 Å². The van der Waals surface area contributed by atoms with Crippen LogP contribution in [0.1, 0.15) is 23.0 Å². The first-order valence-corrected chi connectivity index (χ1v) is 8.84. The van der Waals surface area contributed by atoms with Crippen molar-refractivity contribution >= 4 is 0 Å². The highest BCUT2D eigenvalue weighted by molar-refractivity contribution is 5.35. The van der Waals surface area contributed by atoms with Crippen LogP contribution in [0.25, 0.3) is 5.69 Å². The molecular weight excluding hydrogens is 308 g/mol. The molecule has 1 aliphatic rings. The van der Waals surface area contributed by atoms with Crippen molar-refractivity contribution in [1.29, 1.82) is 0 Å². The Morgan fingerprint density at radius 3 is 2.40 bits per heavy atom. The number of aryl methyl sites for hydroxylation is 1. The Hall–Kier alpha value is -2.43. The smallest absolute Gasteiger partial charge is 0.110 e. The highest BCUT2D eigenvalue weighted by atomic mass is 15.2. The van der Waals surface area contributed by atoms with Crippen molar-refractivity contribution in [1.82, 2.24) is 14.5 Å². The van der Waals surface area contributed by atoms with E-state index in [4.69, 9.17) is 5.73 Å². The first kappa shape index (κ1) is 16.1. The number of hydrogen-bond acceptors (Lipinski definition) is 3. The van der Waals surface area contributed by atoms with Gasteiger partial charge in [0, 0.05) is 37.3 Å². The second-order valence-corrected chi connectivity index (χ2v) is 6.84. The summed E-state index contributed by atoms with van der Waals surface area (Å²) >= 11 is 0. The maximum Gasteiger partial charge on any atom is 0.110 e. The molecule has 1 fully saturated rings. The first-order valence-electron chi connectivity index (χ1n) is 8.84. The van der Waals surface area contributed by atoms with Crippen LogP contribution < -0.4 is 5.73 Å².